The maximum atomic E-state index is 13.7. The summed E-state index contributed by atoms with van der Waals surface area (Å²) in [6.45, 7) is 4.28. The predicted molar refractivity (Wildman–Crippen MR) is 163 cm³/mol. The first-order valence-corrected chi connectivity index (χ1v) is 14.6. The monoisotopic (exact) mass is 602 g/mol. The van der Waals surface area contributed by atoms with Gasteiger partial charge in [-0.2, -0.15) is 0 Å². The second-order valence-electron chi connectivity index (χ2n) is 11.2. The van der Waals surface area contributed by atoms with Gasteiger partial charge in [0.15, 0.2) is 0 Å². The summed E-state index contributed by atoms with van der Waals surface area (Å²) < 4.78 is 0. The molecule has 232 valence electrons. The van der Waals surface area contributed by atoms with Crippen LogP contribution in [0.15, 0.2) is 66.9 Å². The normalized spacial score (nSPS) is 21.4. The van der Waals surface area contributed by atoms with Crippen molar-refractivity contribution in [3.05, 3.63) is 78.1 Å². The van der Waals surface area contributed by atoms with E-state index in [1.807, 2.05) is 18.2 Å². The highest BCUT2D eigenvalue weighted by Gasteiger charge is 2.34. The first-order chi connectivity index (χ1) is 21.0. The van der Waals surface area contributed by atoms with Crippen molar-refractivity contribution >= 4 is 40.3 Å². The molecule has 12 nitrogen and oxygen atoms in total. The van der Waals surface area contributed by atoms with Crippen LogP contribution in [0.1, 0.15) is 36.8 Å². The number of carbonyl (C=O) groups excluding carboxylic acids is 5. The highest BCUT2D eigenvalue weighted by molar-refractivity contribution is 6.06. The highest BCUT2D eigenvalue weighted by atomic mass is 16.3. The summed E-state index contributed by atoms with van der Waals surface area (Å²) in [5, 5.41) is 22.4. The molecule has 5 amide bonds. The lowest BCUT2D eigenvalue weighted by atomic mass is 10.0. The molecule has 4 rings (SSSR count). The zero-order valence-corrected chi connectivity index (χ0v) is 24.9. The van der Waals surface area contributed by atoms with Crippen LogP contribution in [0.4, 0.5) is 0 Å². The number of benzene rings is 2. The van der Waals surface area contributed by atoms with Crippen LogP contribution < -0.4 is 21.3 Å². The van der Waals surface area contributed by atoms with E-state index in [1.165, 1.54) is 18.0 Å². The van der Waals surface area contributed by atoms with Gasteiger partial charge >= 0.3 is 0 Å². The van der Waals surface area contributed by atoms with Gasteiger partial charge in [0.1, 0.15) is 23.8 Å². The van der Waals surface area contributed by atoms with Gasteiger partial charge < -0.3 is 31.3 Å². The Balaban J connectivity index is 1.66. The number of hydrogen-bond donors (Lipinski definition) is 5. The molecule has 0 spiro atoms. The van der Waals surface area contributed by atoms with Crippen molar-refractivity contribution in [2.24, 2.45) is 5.92 Å². The van der Waals surface area contributed by atoms with Crippen LogP contribution in [0.2, 0.25) is 0 Å². The van der Waals surface area contributed by atoms with Gasteiger partial charge in [-0.25, -0.2) is 0 Å². The van der Waals surface area contributed by atoms with E-state index in [2.05, 4.69) is 26.3 Å². The van der Waals surface area contributed by atoms with E-state index in [1.54, 1.807) is 56.3 Å². The Labute approximate surface area is 255 Å². The van der Waals surface area contributed by atoms with E-state index in [0.717, 1.165) is 10.9 Å². The number of aliphatic hydroxyl groups excluding tert-OH is 1. The fourth-order valence-electron chi connectivity index (χ4n) is 5.02. The van der Waals surface area contributed by atoms with Gasteiger partial charge in [-0.1, -0.05) is 68.4 Å². The number of carbonyl (C=O) groups is 5. The minimum Gasteiger partial charge on any atom is -0.391 e. The van der Waals surface area contributed by atoms with E-state index >= 15 is 0 Å². The molecule has 4 atom stereocenters. The van der Waals surface area contributed by atoms with Crippen molar-refractivity contribution in [3.63, 3.8) is 0 Å². The summed E-state index contributed by atoms with van der Waals surface area (Å²) in [4.78, 5) is 72.7. The summed E-state index contributed by atoms with van der Waals surface area (Å²) in [5.74, 6) is -3.47. The molecule has 1 saturated heterocycles. The zero-order valence-electron chi connectivity index (χ0n) is 24.9. The van der Waals surface area contributed by atoms with Crippen molar-refractivity contribution in [2.45, 2.75) is 51.4 Å². The molecule has 1 fully saturated rings. The molecule has 1 aromatic heterocycles. The van der Waals surface area contributed by atoms with Gasteiger partial charge in [-0.15, -0.1) is 0 Å². The molecule has 0 radical (unpaired) electrons. The number of fused-ring (bicyclic) bond motifs is 1. The van der Waals surface area contributed by atoms with Gasteiger partial charge in [0, 0.05) is 31.1 Å². The number of amides is 5. The first kappa shape index (κ1) is 32.1. The maximum absolute atomic E-state index is 13.7. The molecule has 1 aliphatic rings. The molecule has 12 heteroatoms. The SMILES string of the molecule is CC(C)[C@H]1NC(=O)CN(C(=O)c2nccc3ccccc23)CCNC(=O)[C@H]([C@@H](C)O)NC(=O)[C@H](Cc2ccccc2)NC1=O. The minimum absolute atomic E-state index is 0.0834. The summed E-state index contributed by atoms with van der Waals surface area (Å²) in [7, 11) is 0. The number of rotatable bonds is 5. The second kappa shape index (κ2) is 14.6. The average Bonchev–Trinajstić information content (AvgIpc) is 3.00. The third-order valence-corrected chi connectivity index (χ3v) is 7.42. The molecular formula is C32H38N6O6. The maximum Gasteiger partial charge on any atom is 0.273 e. The van der Waals surface area contributed by atoms with Gasteiger partial charge in [0.05, 0.1) is 12.6 Å². The van der Waals surface area contributed by atoms with Crippen LogP contribution >= 0.6 is 0 Å². The number of aromatic nitrogens is 1. The van der Waals surface area contributed by atoms with Crippen LogP contribution in [-0.4, -0.2) is 88.4 Å². The smallest absolute Gasteiger partial charge is 0.273 e. The number of hydrogen-bond acceptors (Lipinski definition) is 7. The molecule has 0 bridgehead atoms. The predicted octanol–water partition coefficient (Wildman–Crippen LogP) is 0.541. The van der Waals surface area contributed by atoms with Crippen molar-refractivity contribution in [3.8, 4) is 0 Å². The van der Waals surface area contributed by atoms with E-state index in [4.69, 9.17) is 0 Å². The van der Waals surface area contributed by atoms with Gasteiger partial charge in [-0.3, -0.25) is 29.0 Å². The molecule has 0 saturated carbocycles. The fraction of sp³-hybridized carbons (Fsp3) is 0.375. The highest BCUT2D eigenvalue weighted by Crippen LogP contribution is 2.18. The molecule has 5 N–H and O–H groups in total. The Bertz CT molecular complexity index is 1510. The molecule has 1 aliphatic heterocycles. The summed E-state index contributed by atoms with van der Waals surface area (Å²) in [5.41, 5.74) is 0.890. The molecule has 0 aliphatic carbocycles. The third kappa shape index (κ3) is 7.95. The Morgan fingerprint density at radius 3 is 2.30 bits per heavy atom. The molecule has 2 aromatic carbocycles. The summed E-state index contributed by atoms with van der Waals surface area (Å²) in [6, 6.07) is 14.5. The lowest BCUT2D eigenvalue weighted by Gasteiger charge is -2.27. The van der Waals surface area contributed by atoms with E-state index < -0.39 is 60.3 Å². The number of nitrogens with one attached hydrogen (secondary N) is 4. The number of aliphatic hydroxyl groups is 1. The van der Waals surface area contributed by atoms with Crippen LogP contribution in [-0.2, 0) is 25.6 Å². The van der Waals surface area contributed by atoms with Crippen molar-refractivity contribution in [1.82, 2.24) is 31.2 Å². The Morgan fingerprint density at radius 2 is 1.59 bits per heavy atom. The quantitative estimate of drug-likeness (QED) is 0.284. The van der Waals surface area contributed by atoms with E-state index in [9.17, 15) is 29.1 Å². The van der Waals surface area contributed by atoms with Crippen molar-refractivity contribution < 1.29 is 29.1 Å². The number of pyridine rings is 1. The summed E-state index contributed by atoms with van der Waals surface area (Å²) in [6.07, 6.45) is 0.337. The number of nitrogens with zero attached hydrogens (tertiary/aromatic N) is 2. The van der Waals surface area contributed by atoms with Crippen molar-refractivity contribution in [1.29, 1.82) is 0 Å². The summed E-state index contributed by atoms with van der Waals surface area (Å²) >= 11 is 0. The van der Waals surface area contributed by atoms with Crippen LogP contribution in [0.25, 0.3) is 10.8 Å². The van der Waals surface area contributed by atoms with Gasteiger partial charge in [0.25, 0.3) is 5.91 Å². The standard InChI is InChI=1S/C32H38N6O6/c1-19(2)26-31(43)35-24(17-21-9-5-4-6-10-21)29(41)37-27(20(3)39)30(42)34-15-16-38(18-25(40)36-26)32(44)28-23-12-8-7-11-22(23)13-14-33-28/h4-14,19-20,24,26-27,39H,15-18H2,1-3H3,(H,34,42)(H,35,43)(H,36,40)(H,37,41)/t20-,24+,26-,27+/m1/s1. The molecule has 0 unspecified atom stereocenters. The topological polar surface area (TPSA) is 170 Å². The molecule has 2 heterocycles. The minimum atomic E-state index is -1.34. The van der Waals surface area contributed by atoms with E-state index in [-0.39, 0.29) is 31.1 Å². The largest absolute Gasteiger partial charge is 0.391 e. The Kier molecular flexibility index (Phi) is 10.6. The van der Waals surface area contributed by atoms with Crippen molar-refractivity contribution in [2.75, 3.05) is 19.6 Å². The van der Waals surface area contributed by atoms with Crippen LogP contribution in [0, 0.1) is 5.92 Å². The van der Waals surface area contributed by atoms with Crippen LogP contribution in [0.5, 0.6) is 0 Å². The lowest BCUT2D eigenvalue weighted by molar-refractivity contribution is -0.135. The lowest BCUT2D eigenvalue weighted by Crippen LogP contribution is -2.60. The molecule has 44 heavy (non-hydrogen) atoms. The van der Waals surface area contributed by atoms with Gasteiger partial charge in [-0.05, 0) is 29.9 Å². The molecule has 3 aromatic rings. The van der Waals surface area contributed by atoms with E-state index in [0.29, 0.717) is 5.39 Å². The van der Waals surface area contributed by atoms with Crippen LogP contribution in [0.3, 0.4) is 0 Å². The zero-order chi connectivity index (χ0) is 31.8. The first-order valence-electron chi connectivity index (χ1n) is 14.6. The Hall–Kier alpha value is -4.84. The average molecular weight is 603 g/mol. The fourth-order valence-corrected chi connectivity index (χ4v) is 5.02. The molecular weight excluding hydrogens is 564 g/mol. The van der Waals surface area contributed by atoms with Gasteiger partial charge in [0.2, 0.25) is 23.6 Å². The Morgan fingerprint density at radius 1 is 0.886 bits per heavy atom. The third-order valence-electron chi connectivity index (χ3n) is 7.42. The second-order valence-corrected chi connectivity index (χ2v) is 11.2.